The molecular formula is C12H10ClFN2O2S. The molecule has 1 heterocycles. The van der Waals surface area contributed by atoms with Gasteiger partial charge in [-0.1, -0.05) is 23.4 Å². The number of hydrogen-bond acceptors (Lipinski definition) is 3. The Kier molecular flexibility index (Phi) is 4.11. The Morgan fingerprint density at radius 3 is 3.00 bits per heavy atom. The quantitative estimate of drug-likeness (QED) is 0.881. The van der Waals surface area contributed by atoms with Gasteiger partial charge in [-0.15, -0.1) is 0 Å². The number of rotatable bonds is 4. The van der Waals surface area contributed by atoms with E-state index in [1.54, 1.807) is 30.0 Å². The highest BCUT2D eigenvalue weighted by molar-refractivity contribution is 7.99. The number of carboxylic acid groups (broad SMARTS) is 1. The van der Waals surface area contributed by atoms with Crippen LogP contribution in [0.2, 0.25) is 5.02 Å². The van der Waals surface area contributed by atoms with Crippen LogP contribution in [0.15, 0.2) is 29.7 Å². The number of aliphatic carboxylic acids is 1. The molecule has 0 atom stereocenters. The van der Waals surface area contributed by atoms with E-state index in [0.29, 0.717) is 16.4 Å². The molecule has 0 spiro atoms. The highest BCUT2D eigenvalue weighted by Gasteiger charge is 2.12. The van der Waals surface area contributed by atoms with Crippen molar-refractivity contribution in [1.29, 1.82) is 0 Å². The van der Waals surface area contributed by atoms with Crippen molar-refractivity contribution in [3.8, 4) is 5.69 Å². The third-order valence-electron chi connectivity index (χ3n) is 2.42. The van der Waals surface area contributed by atoms with Crippen molar-refractivity contribution >= 4 is 29.3 Å². The van der Waals surface area contributed by atoms with Gasteiger partial charge in [0.15, 0.2) is 5.16 Å². The summed E-state index contributed by atoms with van der Waals surface area (Å²) in [4.78, 5) is 14.6. The van der Waals surface area contributed by atoms with Crippen LogP contribution in [0.5, 0.6) is 0 Å². The van der Waals surface area contributed by atoms with Crippen molar-refractivity contribution in [2.75, 3.05) is 5.75 Å². The van der Waals surface area contributed by atoms with Gasteiger partial charge in [0, 0.05) is 12.4 Å². The van der Waals surface area contributed by atoms with E-state index in [0.717, 1.165) is 11.8 Å². The average Bonchev–Trinajstić information content (AvgIpc) is 2.79. The third-order valence-corrected chi connectivity index (χ3v) is 3.67. The minimum absolute atomic E-state index is 0.102. The molecule has 1 N–H and O–H groups in total. The summed E-state index contributed by atoms with van der Waals surface area (Å²) in [6.07, 6.45) is 3.20. The van der Waals surface area contributed by atoms with Gasteiger partial charge >= 0.3 is 5.97 Å². The zero-order valence-electron chi connectivity index (χ0n) is 9.93. The van der Waals surface area contributed by atoms with E-state index in [9.17, 15) is 9.18 Å². The summed E-state index contributed by atoms with van der Waals surface area (Å²) in [5.41, 5.74) is 1.04. The van der Waals surface area contributed by atoms with E-state index >= 15 is 0 Å². The predicted molar refractivity (Wildman–Crippen MR) is 71.6 cm³/mol. The molecule has 0 radical (unpaired) electrons. The van der Waals surface area contributed by atoms with Crippen LogP contribution in [0.25, 0.3) is 5.69 Å². The molecule has 0 saturated heterocycles. The maximum absolute atomic E-state index is 13.4. The second-order valence-corrected chi connectivity index (χ2v) is 5.16. The van der Waals surface area contributed by atoms with Crippen LogP contribution in [-0.4, -0.2) is 26.4 Å². The Morgan fingerprint density at radius 2 is 2.32 bits per heavy atom. The van der Waals surface area contributed by atoms with Gasteiger partial charge in [-0.3, -0.25) is 9.36 Å². The number of hydrogen-bond donors (Lipinski definition) is 1. The first-order chi connectivity index (χ1) is 8.99. The van der Waals surface area contributed by atoms with E-state index < -0.39 is 5.97 Å². The van der Waals surface area contributed by atoms with E-state index in [1.165, 1.54) is 6.07 Å². The van der Waals surface area contributed by atoms with Gasteiger partial charge in [0.2, 0.25) is 0 Å². The highest BCUT2D eigenvalue weighted by atomic mass is 35.5. The van der Waals surface area contributed by atoms with Crippen molar-refractivity contribution in [2.45, 2.75) is 12.1 Å². The lowest BCUT2D eigenvalue weighted by molar-refractivity contribution is -0.133. The summed E-state index contributed by atoms with van der Waals surface area (Å²) in [5.74, 6) is -1.41. The first-order valence-electron chi connectivity index (χ1n) is 5.33. The average molecular weight is 301 g/mol. The van der Waals surface area contributed by atoms with Crippen molar-refractivity contribution in [1.82, 2.24) is 9.55 Å². The molecule has 0 aliphatic heterocycles. The molecule has 0 amide bonds. The predicted octanol–water partition coefficient (Wildman–Crippen LogP) is 3.15. The number of halogens is 2. The molecule has 1 aromatic heterocycles. The van der Waals surface area contributed by atoms with Gasteiger partial charge in [0.1, 0.15) is 5.82 Å². The van der Waals surface area contributed by atoms with Crippen LogP contribution in [0.4, 0.5) is 4.39 Å². The second kappa shape index (κ2) is 5.63. The second-order valence-electron chi connectivity index (χ2n) is 3.82. The maximum atomic E-state index is 13.4. The minimum Gasteiger partial charge on any atom is -0.481 e. The Morgan fingerprint density at radius 1 is 1.58 bits per heavy atom. The molecule has 4 nitrogen and oxygen atoms in total. The summed E-state index contributed by atoms with van der Waals surface area (Å²) in [6, 6.07) is 2.84. The zero-order valence-corrected chi connectivity index (χ0v) is 11.5. The van der Waals surface area contributed by atoms with Crippen molar-refractivity contribution < 1.29 is 14.3 Å². The van der Waals surface area contributed by atoms with Crippen LogP contribution in [0, 0.1) is 12.7 Å². The van der Waals surface area contributed by atoms with E-state index in [-0.39, 0.29) is 16.6 Å². The number of thioether (sulfide) groups is 1. The highest BCUT2D eigenvalue weighted by Crippen LogP contribution is 2.28. The number of nitrogens with zero attached hydrogens (tertiary/aromatic N) is 2. The molecule has 0 bridgehead atoms. The molecule has 2 aromatic rings. The number of aromatic nitrogens is 2. The topological polar surface area (TPSA) is 55.1 Å². The molecule has 1 aromatic carbocycles. The molecule has 7 heteroatoms. The standard InChI is InChI=1S/C12H10ClFN2O2S/c1-7-4-10(8(13)5-9(7)14)16-3-2-15-12(16)19-6-11(17)18/h2-5H,6H2,1H3,(H,17,18). The van der Waals surface area contributed by atoms with Crippen LogP contribution in [0.1, 0.15) is 5.56 Å². The number of imidazole rings is 1. The molecule has 0 saturated carbocycles. The molecule has 2 rings (SSSR count). The van der Waals surface area contributed by atoms with E-state index in [1.807, 2.05) is 0 Å². The fourth-order valence-electron chi connectivity index (χ4n) is 1.53. The molecule has 0 aliphatic carbocycles. The lowest BCUT2D eigenvalue weighted by Crippen LogP contribution is -2.02. The van der Waals surface area contributed by atoms with Crippen molar-refractivity contribution in [2.24, 2.45) is 0 Å². The normalized spacial score (nSPS) is 10.7. The van der Waals surface area contributed by atoms with Crippen LogP contribution >= 0.6 is 23.4 Å². The lowest BCUT2D eigenvalue weighted by atomic mass is 10.2. The molecule has 100 valence electrons. The van der Waals surface area contributed by atoms with Gasteiger partial charge in [0.25, 0.3) is 0 Å². The van der Waals surface area contributed by atoms with E-state index in [4.69, 9.17) is 16.7 Å². The fraction of sp³-hybridized carbons (Fsp3) is 0.167. The first-order valence-corrected chi connectivity index (χ1v) is 6.69. The molecular weight excluding hydrogens is 291 g/mol. The smallest absolute Gasteiger partial charge is 0.313 e. The van der Waals surface area contributed by atoms with Crippen LogP contribution in [-0.2, 0) is 4.79 Å². The van der Waals surface area contributed by atoms with Crippen molar-refractivity contribution in [3.63, 3.8) is 0 Å². The number of benzene rings is 1. The Labute approximate surface area is 118 Å². The molecule has 0 unspecified atom stereocenters. The minimum atomic E-state index is -0.930. The molecule has 19 heavy (non-hydrogen) atoms. The van der Waals surface area contributed by atoms with Gasteiger partial charge in [-0.05, 0) is 24.6 Å². The van der Waals surface area contributed by atoms with Gasteiger partial charge in [-0.2, -0.15) is 0 Å². The van der Waals surface area contributed by atoms with Crippen LogP contribution in [0.3, 0.4) is 0 Å². The summed E-state index contributed by atoms with van der Waals surface area (Å²) in [5, 5.41) is 9.42. The number of carboxylic acids is 1. The third kappa shape index (κ3) is 3.08. The van der Waals surface area contributed by atoms with Gasteiger partial charge in [0.05, 0.1) is 16.5 Å². The van der Waals surface area contributed by atoms with Crippen LogP contribution < -0.4 is 0 Å². The first kappa shape index (κ1) is 13.9. The Bertz CT molecular complexity index is 630. The van der Waals surface area contributed by atoms with E-state index in [2.05, 4.69) is 4.98 Å². The summed E-state index contributed by atoms with van der Waals surface area (Å²) >= 11 is 7.09. The SMILES string of the molecule is Cc1cc(-n2ccnc2SCC(=O)O)c(Cl)cc1F. The summed E-state index contributed by atoms with van der Waals surface area (Å²) < 4.78 is 15.0. The molecule has 0 fully saturated rings. The number of aryl methyl sites for hydroxylation is 1. The summed E-state index contributed by atoms with van der Waals surface area (Å²) in [6.45, 7) is 1.64. The number of carbonyl (C=O) groups is 1. The largest absolute Gasteiger partial charge is 0.481 e. The Hall–Kier alpha value is -1.53. The maximum Gasteiger partial charge on any atom is 0.313 e. The summed E-state index contributed by atoms with van der Waals surface area (Å²) in [7, 11) is 0. The Balaban J connectivity index is 2.40. The lowest BCUT2D eigenvalue weighted by Gasteiger charge is -2.10. The zero-order chi connectivity index (χ0) is 14.0. The fourth-order valence-corrected chi connectivity index (χ4v) is 2.46. The van der Waals surface area contributed by atoms with Gasteiger partial charge < -0.3 is 5.11 Å². The molecule has 0 aliphatic rings. The monoisotopic (exact) mass is 300 g/mol. The van der Waals surface area contributed by atoms with Gasteiger partial charge in [-0.25, -0.2) is 9.37 Å². The van der Waals surface area contributed by atoms with Crippen molar-refractivity contribution in [3.05, 3.63) is 40.9 Å².